The van der Waals surface area contributed by atoms with Gasteiger partial charge in [0.1, 0.15) is 0 Å². The Morgan fingerprint density at radius 2 is 1.86 bits per heavy atom. The second kappa shape index (κ2) is 11.9. The zero-order valence-corrected chi connectivity index (χ0v) is 20.3. The third-order valence-electron chi connectivity index (χ3n) is 4.37. The fourth-order valence-electron chi connectivity index (χ4n) is 2.79. The van der Waals surface area contributed by atoms with Crippen LogP contribution in [0.25, 0.3) is 5.69 Å². The predicted octanol–water partition coefficient (Wildman–Crippen LogP) is 4.02. The van der Waals surface area contributed by atoms with Gasteiger partial charge in [0.05, 0.1) is 16.4 Å². The van der Waals surface area contributed by atoms with Crippen LogP contribution in [0.2, 0.25) is 0 Å². The van der Waals surface area contributed by atoms with Gasteiger partial charge in [-0.1, -0.05) is 26.0 Å². The van der Waals surface area contributed by atoms with Crippen molar-refractivity contribution in [2.45, 2.75) is 32.6 Å². The first kappa shape index (κ1) is 23.3. The molecule has 0 bridgehead atoms. The Balaban J connectivity index is 0.00000300. The van der Waals surface area contributed by atoms with Crippen LogP contribution in [-0.2, 0) is 12.8 Å². The standard InChI is InChI=1S/C21H28N6S.HI/c1-16(2)20-26-18(15-28-20)10-13-24-21(22-3)23-12-9-17-5-7-19(8-6-17)27-14-4-11-25-27;/h4-8,11,14-16H,9-10,12-13H2,1-3H3,(H2,22,23,24);1H. The average Bonchev–Trinajstić information content (AvgIpc) is 3.39. The summed E-state index contributed by atoms with van der Waals surface area (Å²) in [6.45, 7) is 6.00. The third kappa shape index (κ3) is 7.11. The fraction of sp³-hybridized carbons (Fsp3) is 0.381. The number of halogens is 1. The Morgan fingerprint density at radius 3 is 2.45 bits per heavy atom. The highest BCUT2D eigenvalue weighted by molar-refractivity contribution is 14.0. The minimum Gasteiger partial charge on any atom is -0.356 e. The van der Waals surface area contributed by atoms with Crippen LogP contribution >= 0.6 is 35.3 Å². The van der Waals surface area contributed by atoms with E-state index in [1.165, 1.54) is 10.6 Å². The molecule has 0 fully saturated rings. The van der Waals surface area contributed by atoms with Crippen molar-refractivity contribution in [2.75, 3.05) is 20.1 Å². The molecule has 0 spiro atoms. The number of nitrogens with one attached hydrogen (secondary N) is 2. The molecule has 0 radical (unpaired) electrons. The maximum absolute atomic E-state index is 4.67. The quantitative estimate of drug-likeness (QED) is 0.266. The number of rotatable bonds is 8. The van der Waals surface area contributed by atoms with Crippen molar-refractivity contribution in [3.63, 3.8) is 0 Å². The molecule has 156 valence electrons. The Bertz CT molecular complexity index is 871. The lowest BCUT2D eigenvalue weighted by molar-refractivity contribution is 0.771. The normalized spacial score (nSPS) is 11.4. The van der Waals surface area contributed by atoms with Crippen molar-refractivity contribution in [3.05, 3.63) is 64.4 Å². The van der Waals surface area contributed by atoms with E-state index >= 15 is 0 Å². The van der Waals surface area contributed by atoms with Gasteiger partial charge in [-0.05, 0) is 30.2 Å². The van der Waals surface area contributed by atoms with Crippen LogP contribution in [0.5, 0.6) is 0 Å². The van der Waals surface area contributed by atoms with Crippen molar-refractivity contribution in [1.82, 2.24) is 25.4 Å². The maximum atomic E-state index is 4.67. The van der Waals surface area contributed by atoms with Gasteiger partial charge in [-0.25, -0.2) is 9.67 Å². The monoisotopic (exact) mass is 524 g/mol. The molecular formula is C21H29IN6S. The molecule has 0 saturated heterocycles. The van der Waals surface area contributed by atoms with E-state index in [-0.39, 0.29) is 24.0 Å². The highest BCUT2D eigenvalue weighted by Crippen LogP contribution is 2.19. The summed E-state index contributed by atoms with van der Waals surface area (Å²) in [4.78, 5) is 8.97. The summed E-state index contributed by atoms with van der Waals surface area (Å²) in [6, 6.07) is 10.4. The molecule has 3 rings (SSSR count). The topological polar surface area (TPSA) is 67.1 Å². The average molecular weight is 524 g/mol. The molecule has 0 aliphatic rings. The van der Waals surface area contributed by atoms with E-state index in [9.17, 15) is 0 Å². The first-order valence-electron chi connectivity index (χ1n) is 9.63. The molecule has 6 nitrogen and oxygen atoms in total. The largest absolute Gasteiger partial charge is 0.356 e. The van der Waals surface area contributed by atoms with Crippen LogP contribution in [0.1, 0.15) is 36.0 Å². The van der Waals surface area contributed by atoms with Gasteiger partial charge in [-0.15, -0.1) is 35.3 Å². The lowest BCUT2D eigenvalue weighted by Gasteiger charge is -2.11. The fourth-order valence-corrected chi connectivity index (χ4v) is 3.66. The molecule has 29 heavy (non-hydrogen) atoms. The van der Waals surface area contributed by atoms with E-state index in [0.29, 0.717) is 5.92 Å². The SMILES string of the molecule is CN=C(NCCc1ccc(-n2cccn2)cc1)NCCc1csc(C(C)C)n1.I. The molecule has 0 unspecified atom stereocenters. The molecule has 2 aromatic heterocycles. The molecule has 2 N–H and O–H groups in total. The minimum absolute atomic E-state index is 0. The number of hydrogen-bond donors (Lipinski definition) is 2. The highest BCUT2D eigenvalue weighted by Gasteiger charge is 2.06. The molecule has 0 aliphatic carbocycles. The van der Waals surface area contributed by atoms with Crippen molar-refractivity contribution in [3.8, 4) is 5.69 Å². The molecular weight excluding hydrogens is 495 g/mol. The Kier molecular flexibility index (Phi) is 9.59. The van der Waals surface area contributed by atoms with E-state index in [1.54, 1.807) is 24.6 Å². The van der Waals surface area contributed by atoms with Gasteiger partial charge in [0.15, 0.2) is 5.96 Å². The van der Waals surface area contributed by atoms with Crippen LogP contribution in [0.4, 0.5) is 0 Å². The van der Waals surface area contributed by atoms with Crippen LogP contribution in [0, 0.1) is 0 Å². The van der Waals surface area contributed by atoms with Crippen LogP contribution < -0.4 is 10.6 Å². The van der Waals surface area contributed by atoms with E-state index < -0.39 is 0 Å². The highest BCUT2D eigenvalue weighted by atomic mass is 127. The summed E-state index contributed by atoms with van der Waals surface area (Å²) < 4.78 is 1.86. The van der Waals surface area contributed by atoms with Crippen molar-refractivity contribution in [1.29, 1.82) is 0 Å². The molecule has 0 atom stereocenters. The molecule has 8 heteroatoms. The number of guanidine groups is 1. The Morgan fingerprint density at radius 1 is 1.14 bits per heavy atom. The number of thiazole rings is 1. The summed E-state index contributed by atoms with van der Waals surface area (Å²) in [7, 11) is 1.80. The summed E-state index contributed by atoms with van der Waals surface area (Å²) >= 11 is 1.74. The summed E-state index contributed by atoms with van der Waals surface area (Å²) in [5, 5.41) is 14.3. The lowest BCUT2D eigenvalue weighted by atomic mass is 10.1. The second-order valence-corrected chi connectivity index (χ2v) is 7.76. The molecule has 2 heterocycles. The smallest absolute Gasteiger partial charge is 0.190 e. The summed E-state index contributed by atoms with van der Waals surface area (Å²) in [5.41, 5.74) is 3.50. The minimum atomic E-state index is 0. The van der Waals surface area contributed by atoms with Gasteiger partial charge in [-0.3, -0.25) is 4.99 Å². The molecule has 3 aromatic rings. The zero-order chi connectivity index (χ0) is 19.8. The van der Waals surface area contributed by atoms with Gasteiger partial charge in [0, 0.05) is 50.2 Å². The molecule has 0 saturated carbocycles. The Hall–Kier alpha value is -1.94. The molecule has 1 aromatic carbocycles. The summed E-state index contributed by atoms with van der Waals surface area (Å²) in [5.74, 6) is 1.32. The zero-order valence-electron chi connectivity index (χ0n) is 17.1. The van der Waals surface area contributed by atoms with Gasteiger partial charge in [-0.2, -0.15) is 5.10 Å². The molecule has 0 aliphatic heterocycles. The van der Waals surface area contributed by atoms with E-state index in [2.05, 4.69) is 69.2 Å². The van der Waals surface area contributed by atoms with Crippen molar-refractivity contribution < 1.29 is 0 Å². The van der Waals surface area contributed by atoms with E-state index in [0.717, 1.165) is 43.3 Å². The number of aliphatic imine (C=N–C) groups is 1. The Labute approximate surface area is 193 Å². The van der Waals surface area contributed by atoms with Crippen molar-refractivity contribution >= 4 is 41.3 Å². The van der Waals surface area contributed by atoms with E-state index in [4.69, 9.17) is 0 Å². The van der Waals surface area contributed by atoms with Gasteiger partial charge < -0.3 is 10.6 Å². The first-order chi connectivity index (χ1) is 13.7. The number of nitrogens with zero attached hydrogens (tertiary/aromatic N) is 4. The van der Waals surface area contributed by atoms with Crippen LogP contribution in [0.15, 0.2) is 53.1 Å². The number of benzene rings is 1. The third-order valence-corrected chi connectivity index (χ3v) is 5.57. The van der Waals surface area contributed by atoms with Gasteiger partial charge >= 0.3 is 0 Å². The maximum Gasteiger partial charge on any atom is 0.190 e. The van der Waals surface area contributed by atoms with Crippen LogP contribution in [0.3, 0.4) is 0 Å². The van der Waals surface area contributed by atoms with Gasteiger partial charge in [0.25, 0.3) is 0 Å². The predicted molar refractivity (Wildman–Crippen MR) is 132 cm³/mol. The second-order valence-electron chi connectivity index (χ2n) is 6.87. The molecule has 0 amide bonds. The lowest BCUT2D eigenvalue weighted by Crippen LogP contribution is -2.39. The van der Waals surface area contributed by atoms with Crippen molar-refractivity contribution in [2.24, 2.45) is 4.99 Å². The van der Waals surface area contributed by atoms with Crippen LogP contribution in [-0.4, -0.2) is 40.9 Å². The van der Waals surface area contributed by atoms with Gasteiger partial charge in [0.2, 0.25) is 0 Å². The summed E-state index contributed by atoms with van der Waals surface area (Å²) in [6.07, 6.45) is 5.57. The number of aromatic nitrogens is 3. The number of hydrogen-bond acceptors (Lipinski definition) is 4. The first-order valence-corrected chi connectivity index (χ1v) is 10.5. The van der Waals surface area contributed by atoms with E-state index in [1.807, 2.05) is 16.9 Å².